The SMILES string of the molecule is C=C(NC)O[C-]=O.CN=C(NC)O[C-]=O.[U].[U]. The Hall–Kier alpha value is 0.0539. The fourth-order valence-corrected chi connectivity index (χ4v) is 0.349. The molecule has 0 spiro atoms. The first kappa shape index (κ1) is 25.8. The normalized spacial score (nSPS) is 7.82. The van der Waals surface area contributed by atoms with E-state index in [1.165, 1.54) is 20.0 Å². The summed E-state index contributed by atoms with van der Waals surface area (Å²) in [6.45, 7) is 5.70. The zero-order valence-electron chi connectivity index (χ0n) is 9.79. The molecule has 0 bridgehead atoms. The van der Waals surface area contributed by atoms with E-state index < -0.39 is 0 Å². The Morgan fingerprint density at radius 1 is 1.12 bits per heavy atom. The van der Waals surface area contributed by atoms with Gasteiger partial charge in [-0.1, -0.05) is 0 Å². The molecule has 0 aliphatic rings. The largest absolute Gasteiger partial charge is 0.598 e. The molecular formula is C8H13N3O4U2-2. The van der Waals surface area contributed by atoms with Crippen molar-refractivity contribution in [3.05, 3.63) is 12.5 Å². The minimum Gasteiger partial charge on any atom is -0.598 e. The predicted octanol–water partition coefficient (Wildman–Crippen LogP) is -0.964. The van der Waals surface area contributed by atoms with Crippen molar-refractivity contribution in [3.63, 3.8) is 0 Å². The molecule has 0 fully saturated rings. The summed E-state index contributed by atoms with van der Waals surface area (Å²) >= 11 is 0. The third-order valence-corrected chi connectivity index (χ3v) is 0.999. The molecule has 0 amide bonds. The fraction of sp³-hybridized carbons (Fsp3) is 0.375. The van der Waals surface area contributed by atoms with Gasteiger partial charge in [-0.3, -0.25) is 0 Å². The number of hydrogen-bond donors (Lipinski definition) is 2. The van der Waals surface area contributed by atoms with Crippen LogP contribution in [0.1, 0.15) is 0 Å². The standard InChI is InChI=1S/C4H7N2O2.C4H6NO2.2U/c1-5-4(6-2)8-3-7;1-4(5-2)7-3-6;;/h1-2H3,(H,5,6);5H,1H2,2H3;;/q2*-1;;. The van der Waals surface area contributed by atoms with E-state index in [0.717, 1.165) is 0 Å². The molecule has 17 heavy (non-hydrogen) atoms. The van der Waals surface area contributed by atoms with Crippen molar-refractivity contribution in [3.8, 4) is 0 Å². The Kier molecular flexibility index (Phi) is 32.4. The monoisotopic (exact) mass is 691 g/mol. The molecule has 0 aliphatic heterocycles. The fourth-order valence-electron chi connectivity index (χ4n) is 0.349. The quantitative estimate of drug-likeness (QED) is 0.171. The number of hydrogen-bond acceptors (Lipinski definition) is 6. The minimum atomic E-state index is 0. The van der Waals surface area contributed by atoms with Crippen LogP contribution in [0.3, 0.4) is 0 Å². The van der Waals surface area contributed by atoms with Crippen LogP contribution in [-0.4, -0.2) is 40.1 Å². The maximum Gasteiger partial charge on any atom is 0.172 e. The van der Waals surface area contributed by atoms with Gasteiger partial charge in [-0.25, -0.2) is 0 Å². The molecule has 94 valence electrons. The zero-order valence-corrected chi connectivity index (χ0v) is 18.1. The first-order valence-electron chi connectivity index (χ1n) is 3.75. The van der Waals surface area contributed by atoms with Gasteiger partial charge in [-0.15, -0.1) is 6.58 Å². The van der Waals surface area contributed by atoms with Gasteiger partial charge in [0.1, 0.15) is 6.02 Å². The van der Waals surface area contributed by atoms with Crippen LogP contribution in [0, 0.1) is 62.2 Å². The summed E-state index contributed by atoms with van der Waals surface area (Å²) in [6, 6.07) is 0.167. The second kappa shape index (κ2) is 21.4. The molecule has 2 N–H and O–H groups in total. The molecule has 0 atom stereocenters. The van der Waals surface area contributed by atoms with E-state index in [2.05, 4.69) is 31.7 Å². The molecule has 9 heteroatoms. The van der Waals surface area contributed by atoms with E-state index in [0.29, 0.717) is 0 Å². The van der Waals surface area contributed by atoms with E-state index in [-0.39, 0.29) is 74.1 Å². The number of amidine groups is 1. The van der Waals surface area contributed by atoms with Gasteiger partial charge in [-0.2, -0.15) is 0 Å². The zero-order chi connectivity index (χ0) is 12.1. The van der Waals surface area contributed by atoms with Crippen LogP contribution in [0.4, 0.5) is 0 Å². The van der Waals surface area contributed by atoms with Gasteiger partial charge < -0.3 is 34.7 Å². The predicted molar refractivity (Wildman–Crippen MR) is 54.2 cm³/mol. The van der Waals surface area contributed by atoms with Crippen molar-refractivity contribution >= 4 is 19.0 Å². The number of aliphatic imine (C=N–C) groups is 1. The van der Waals surface area contributed by atoms with Gasteiger partial charge in [0.2, 0.25) is 0 Å². The van der Waals surface area contributed by atoms with E-state index in [4.69, 9.17) is 0 Å². The number of nitrogens with zero attached hydrogens (tertiary/aromatic N) is 1. The van der Waals surface area contributed by atoms with Crippen molar-refractivity contribution < 1.29 is 81.3 Å². The summed E-state index contributed by atoms with van der Waals surface area (Å²) in [5, 5.41) is 5.00. The Balaban J connectivity index is -0.0000000896. The van der Waals surface area contributed by atoms with Crippen LogP contribution < -0.4 is 10.6 Å². The van der Waals surface area contributed by atoms with Crippen LogP contribution in [0.5, 0.6) is 0 Å². The van der Waals surface area contributed by atoms with Crippen LogP contribution in [0.2, 0.25) is 0 Å². The van der Waals surface area contributed by atoms with E-state index in [1.54, 1.807) is 14.1 Å². The summed E-state index contributed by atoms with van der Waals surface area (Å²) in [6.07, 6.45) is 0. The van der Waals surface area contributed by atoms with Crippen molar-refractivity contribution in [2.75, 3.05) is 21.1 Å². The Bertz CT molecular complexity index is 237. The first-order valence-corrected chi connectivity index (χ1v) is 3.75. The van der Waals surface area contributed by atoms with Gasteiger partial charge in [0.25, 0.3) is 0 Å². The Morgan fingerprint density at radius 3 is 1.71 bits per heavy atom. The molecule has 0 rings (SSSR count). The molecule has 0 saturated carbocycles. The summed E-state index contributed by atoms with van der Waals surface area (Å²) in [5.74, 6) is 0.204. The van der Waals surface area contributed by atoms with Crippen LogP contribution in [0.15, 0.2) is 17.5 Å². The van der Waals surface area contributed by atoms with E-state index >= 15 is 0 Å². The average molecular weight is 691 g/mol. The molecule has 7 nitrogen and oxygen atoms in total. The molecule has 0 radical (unpaired) electrons. The summed E-state index contributed by atoms with van der Waals surface area (Å²) in [4.78, 5) is 22.3. The number of carbonyl (C=O) groups excluding carboxylic acids is 2. The Morgan fingerprint density at radius 2 is 1.59 bits per heavy atom. The van der Waals surface area contributed by atoms with Crippen LogP contribution in [0.25, 0.3) is 0 Å². The first-order chi connectivity index (χ1) is 7.15. The third kappa shape index (κ3) is 21.8. The van der Waals surface area contributed by atoms with Gasteiger partial charge in [0, 0.05) is 75.2 Å². The second-order valence-electron chi connectivity index (χ2n) is 1.82. The molecule has 0 aliphatic carbocycles. The molecule has 0 heterocycles. The van der Waals surface area contributed by atoms with Gasteiger partial charge in [-0.05, 0) is 14.1 Å². The summed E-state index contributed by atoms with van der Waals surface area (Å²) in [5.41, 5.74) is 0. The minimum absolute atomic E-state index is 0. The summed E-state index contributed by atoms with van der Waals surface area (Å²) in [7, 11) is 4.70. The van der Waals surface area contributed by atoms with Crippen molar-refractivity contribution in [1.29, 1.82) is 0 Å². The van der Waals surface area contributed by atoms with Crippen molar-refractivity contribution in [2.24, 2.45) is 4.99 Å². The molecular weight excluding hydrogens is 678 g/mol. The number of rotatable bonds is 4. The van der Waals surface area contributed by atoms with E-state index in [1.807, 2.05) is 0 Å². The molecule has 0 unspecified atom stereocenters. The van der Waals surface area contributed by atoms with Gasteiger partial charge in [0.15, 0.2) is 12.9 Å². The smallest absolute Gasteiger partial charge is 0.172 e. The molecule has 0 saturated heterocycles. The number of nitrogens with one attached hydrogen (secondary N) is 2. The average Bonchev–Trinajstić information content (AvgIpc) is 2.27. The van der Waals surface area contributed by atoms with Crippen molar-refractivity contribution in [1.82, 2.24) is 10.6 Å². The van der Waals surface area contributed by atoms with Gasteiger partial charge >= 0.3 is 0 Å². The summed E-state index contributed by atoms with van der Waals surface area (Å²) < 4.78 is 8.25. The Labute approximate surface area is 148 Å². The van der Waals surface area contributed by atoms with Crippen molar-refractivity contribution in [2.45, 2.75) is 0 Å². The second-order valence-corrected chi connectivity index (χ2v) is 1.82. The molecule has 0 aromatic carbocycles. The maximum absolute atomic E-state index is 9.46. The molecule has 0 aromatic heterocycles. The topological polar surface area (TPSA) is 89.0 Å². The molecule has 0 aromatic rings. The maximum atomic E-state index is 9.46. The van der Waals surface area contributed by atoms with Crippen LogP contribution >= 0.6 is 0 Å². The van der Waals surface area contributed by atoms with E-state index in [9.17, 15) is 9.59 Å². The van der Waals surface area contributed by atoms with Gasteiger partial charge in [0.05, 0.1) is 0 Å². The number of ether oxygens (including phenoxy) is 2. The van der Waals surface area contributed by atoms with Crippen LogP contribution in [-0.2, 0) is 19.1 Å². The third-order valence-electron chi connectivity index (χ3n) is 0.999.